The predicted octanol–water partition coefficient (Wildman–Crippen LogP) is 4.91. The third kappa shape index (κ3) is 5.23. The van der Waals surface area contributed by atoms with Gasteiger partial charge >= 0.3 is 0 Å². The smallest absolute Gasteiger partial charge is 0.284 e. The van der Waals surface area contributed by atoms with E-state index in [2.05, 4.69) is 4.90 Å². The molecule has 1 aliphatic heterocycles. The van der Waals surface area contributed by atoms with E-state index in [1.54, 1.807) is 17.0 Å². The highest BCUT2D eigenvalue weighted by atomic mass is 32.2. The predicted molar refractivity (Wildman–Crippen MR) is 128 cm³/mol. The van der Waals surface area contributed by atoms with E-state index in [4.69, 9.17) is 0 Å². The topological polar surface area (TPSA) is 83.8 Å². The zero-order valence-electron chi connectivity index (χ0n) is 18.1. The fourth-order valence-electron chi connectivity index (χ4n) is 3.75. The van der Waals surface area contributed by atoms with Gasteiger partial charge in [-0.2, -0.15) is 0 Å². The Balaban J connectivity index is 1.44. The number of nitro groups is 1. The summed E-state index contributed by atoms with van der Waals surface area (Å²) in [5.74, 6) is -0.180. The number of nitro benzene ring substituents is 1. The van der Waals surface area contributed by atoms with E-state index < -0.39 is 4.92 Å². The van der Waals surface area contributed by atoms with Crippen LogP contribution in [0.3, 0.4) is 0 Å². The van der Waals surface area contributed by atoms with Crippen molar-refractivity contribution in [3.05, 3.63) is 94.0 Å². The number of hydrogen-bond donors (Lipinski definition) is 0. The summed E-state index contributed by atoms with van der Waals surface area (Å²) in [5.41, 5.74) is 1.92. The first-order valence-electron chi connectivity index (χ1n) is 10.6. The number of Topliss-reactive ketones (excluding diaryl/α,β-unsaturated/α-hetero) is 1. The Labute approximate surface area is 196 Å². The highest BCUT2D eigenvalue weighted by Crippen LogP contribution is 2.35. The molecule has 0 bridgehead atoms. The molecule has 0 aliphatic carbocycles. The van der Waals surface area contributed by atoms with Crippen molar-refractivity contribution in [3.8, 4) is 0 Å². The van der Waals surface area contributed by atoms with Crippen molar-refractivity contribution in [2.45, 2.75) is 16.7 Å². The summed E-state index contributed by atoms with van der Waals surface area (Å²) in [6, 6.07) is 21.6. The van der Waals surface area contributed by atoms with Crippen LogP contribution in [0.2, 0.25) is 0 Å². The number of rotatable bonds is 6. The number of amides is 1. The van der Waals surface area contributed by atoms with Crippen molar-refractivity contribution in [2.75, 3.05) is 31.1 Å². The van der Waals surface area contributed by atoms with Gasteiger partial charge in [-0.05, 0) is 55.5 Å². The monoisotopic (exact) mass is 461 g/mol. The molecule has 0 N–H and O–H groups in total. The summed E-state index contributed by atoms with van der Waals surface area (Å²) < 4.78 is 0. The lowest BCUT2D eigenvalue weighted by molar-refractivity contribution is -0.387. The Morgan fingerprint density at radius 3 is 2.12 bits per heavy atom. The van der Waals surface area contributed by atoms with Crippen LogP contribution in [0.1, 0.15) is 27.6 Å². The fraction of sp³-hybridized carbons (Fsp3) is 0.200. The molecule has 0 saturated carbocycles. The number of carbonyl (C=O) groups excluding carboxylic acids is 2. The molecule has 0 radical (unpaired) electrons. The highest BCUT2D eigenvalue weighted by molar-refractivity contribution is 7.99. The van der Waals surface area contributed by atoms with E-state index in [1.165, 1.54) is 24.8 Å². The van der Waals surface area contributed by atoms with Crippen LogP contribution in [0.15, 0.2) is 82.6 Å². The largest absolute Gasteiger partial charge is 0.368 e. The number of benzene rings is 3. The number of anilines is 1. The molecule has 3 aromatic rings. The summed E-state index contributed by atoms with van der Waals surface area (Å²) in [6.07, 6.45) is 0. The molecule has 1 fully saturated rings. The van der Waals surface area contributed by atoms with Gasteiger partial charge < -0.3 is 9.80 Å². The first kappa shape index (κ1) is 22.5. The summed E-state index contributed by atoms with van der Waals surface area (Å²) in [7, 11) is 0. The molecule has 8 heteroatoms. The van der Waals surface area contributed by atoms with Crippen molar-refractivity contribution < 1.29 is 14.5 Å². The number of nitrogens with zero attached hydrogens (tertiary/aromatic N) is 3. The fourth-order valence-corrected chi connectivity index (χ4v) is 4.67. The van der Waals surface area contributed by atoms with E-state index in [0.717, 1.165) is 10.6 Å². The van der Waals surface area contributed by atoms with Crippen molar-refractivity contribution in [1.82, 2.24) is 4.90 Å². The Kier molecular flexibility index (Phi) is 6.74. The normalized spacial score (nSPS) is 13.6. The summed E-state index contributed by atoms with van der Waals surface area (Å²) in [6.45, 7) is 3.87. The van der Waals surface area contributed by atoms with E-state index in [1.807, 2.05) is 54.6 Å². The molecular formula is C25H23N3O4S. The van der Waals surface area contributed by atoms with Gasteiger partial charge in [0.15, 0.2) is 5.78 Å². The number of ketones is 1. The van der Waals surface area contributed by atoms with E-state index >= 15 is 0 Å². The zero-order valence-corrected chi connectivity index (χ0v) is 19.0. The van der Waals surface area contributed by atoms with Crippen LogP contribution < -0.4 is 4.90 Å². The molecule has 33 heavy (non-hydrogen) atoms. The van der Waals surface area contributed by atoms with Crippen LogP contribution >= 0.6 is 11.8 Å². The molecule has 0 atom stereocenters. The summed E-state index contributed by atoms with van der Waals surface area (Å²) >= 11 is 1.30. The minimum Gasteiger partial charge on any atom is -0.368 e. The molecule has 7 nitrogen and oxygen atoms in total. The van der Waals surface area contributed by atoms with Crippen LogP contribution in [0, 0.1) is 10.1 Å². The maximum Gasteiger partial charge on any atom is 0.284 e. The average molecular weight is 462 g/mol. The molecule has 1 aliphatic rings. The number of piperazine rings is 1. The molecule has 1 heterocycles. The first-order valence-corrected chi connectivity index (χ1v) is 11.4. The second-order valence-electron chi connectivity index (χ2n) is 7.74. The molecule has 3 aromatic carbocycles. The average Bonchev–Trinajstić information content (AvgIpc) is 2.84. The Bertz CT molecular complexity index is 1170. The van der Waals surface area contributed by atoms with Crippen molar-refractivity contribution >= 4 is 34.8 Å². The second-order valence-corrected chi connectivity index (χ2v) is 8.85. The van der Waals surface area contributed by atoms with Gasteiger partial charge in [0.2, 0.25) is 0 Å². The molecule has 168 valence electrons. The van der Waals surface area contributed by atoms with Gasteiger partial charge in [0.25, 0.3) is 11.6 Å². The van der Waals surface area contributed by atoms with Gasteiger partial charge in [-0.3, -0.25) is 19.7 Å². The Morgan fingerprint density at radius 2 is 1.52 bits per heavy atom. The van der Waals surface area contributed by atoms with Crippen LogP contribution in [0.5, 0.6) is 0 Å². The third-order valence-corrected chi connectivity index (χ3v) is 6.65. The van der Waals surface area contributed by atoms with E-state index in [9.17, 15) is 19.7 Å². The molecule has 1 amide bonds. The first-order chi connectivity index (χ1) is 15.9. The highest BCUT2D eigenvalue weighted by Gasteiger charge is 2.25. The van der Waals surface area contributed by atoms with Gasteiger partial charge in [0.1, 0.15) is 0 Å². The lowest BCUT2D eigenvalue weighted by Crippen LogP contribution is -2.48. The Morgan fingerprint density at radius 1 is 0.879 bits per heavy atom. The van der Waals surface area contributed by atoms with Gasteiger partial charge in [-0.25, -0.2) is 0 Å². The van der Waals surface area contributed by atoms with Gasteiger partial charge in [-0.1, -0.05) is 30.0 Å². The second kappa shape index (κ2) is 9.87. The molecule has 0 aromatic heterocycles. The third-order valence-electron chi connectivity index (χ3n) is 5.58. The molecule has 0 spiro atoms. The molecule has 4 rings (SSSR count). The standard InChI is InChI=1S/C25H23N3O4S/c1-18(29)19-7-10-21(11-8-19)26-13-15-27(16-14-26)25(30)20-9-12-24(23(17-20)28(31)32)33-22-5-3-2-4-6-22/h2-12,17H,13-16H2,1H3. The maximum atomic E-state index is 13.0. The van der Waals surface area contributed by atoms with Crippen molar-refractivity contribution in [2.24, 2.45) is 0 Å². The van der Waals surface area contributed by atoms with Crippen LogP contribution in [0.25, 0.3) is 0 Å². The lowest BCUT2D eigenvalue weighted by Gasteiger charge is -2.36. The van der Waals surface area contributed by atoms with Gasteiger partial charge in [-0.15, -0.1) is 0 Å². The maximum absolute atomic E-state index is 13.0. The summed E-state index contributed by atoms with van der Waals surface area (Å²) in [5, 5.41) is 11.7. The lowest BCUT2D eigenvalue weighted by atomic mass is 10.1. The zero-order chi connectivity index (χ0) is 23.4. The van der Waals surface area contributed by atoms with Crippen LogP contribution in [-0.4, -0.2) is 47.7 Å². The SMILES string of the molecule is CC(=O)c1ccc(N2CCN(C(=O)c3ccc(Sc4ccccc4)c([N+](=O)[O-])c3)CC2)cc1. The van der Waals surface area contributed by atoms with Crippen LogP contribution in [-0.2, 0) is 0 Å². The minimum atomic E-state index is -0.440. The van der Waals surface area contributed by atoms with Gasteiger partial charge in [0.05, 0.1) is 9.82 Å². The minimum absolute atomic E-state index is 0.0271. The van der Waals surface area contributed by atoms with E-state index in [-0.39, 0.29) is 17.4 Å². The number of hydrogen-bond acceptors (Lipinski definition) is 6. The number of carbonyl (C=O) groups is 2. The van der Waals surface area contributed by atoms with Crippen molar-refractivity contribution in [1.29, 1.82) is 0 Å². The van der Waals surface area contributed by atoms with Crippen molar-refractivity contribution in [3.63, 3.8) is 0 Å². The Hall–Kier alpha value is -3.65. The van der Waals surface area contributed by atoms with Gasteiger partial charge in [0, 0.05) is 54.0 Å². The molecular weight excluding hydrogens is 438 g/mol. The quantitative estimate of drug-likeness (QED) is 0.295. The molecule has 1 saturated heterocycles. The molecule has 0 unspecified atom stereocenters. The van der Waals surface area contributed by atoms with Crippen LogP contribution in [0.4, 0.5) is 11.4 Å². The summed E-state index contributed by atoms with van der Waals surface area (Å²) in [4.78, 5) is 41.0. The van der Waals surface area contributed by atoms with E-state index in [0.29, 0.717) is 42.2 Å².